The number of nitrogen functional groups attached to an aromatic ring is 1. The normalized spacial score (nSPS) is 10.8. The van der Waals surface area contributed by atoms with Gasteiger partial charge in [0.25, 0.3) is 0 Å². The van der Waals surface area contributed by atoms with Crippen LogP contribution < -0.4 is 5.73 Å². The van der Waals surface area contributed by atoms with E-state index >= 15 is 0 Å². The Morgan fingerprint density at radius 3 is 2.88 bits per heavy atom. The predicted octanol–water partition coefficient (Wildman–Crippen LogP) is 1.60. The van der Waals surface area contributed by atoms with E-state index in [2.05, 4.69) is 20.2 Å². The second-order valence-electron chi connectivity index (χ2n) is 3.49. The minimum Gasteiger partial charge on any atom is -0.368 e. The summed E-state index contributed by atoms with van der Waals surface area (Å²) < 4.78 is 0. The van der Waals surface area contributed by atoms with Gasteiger partial charge in [-0.1, -0.05) is 6.07 Å². The summed E-state index contributed by atoms with van der Waals surface area (Å²) in [5.41, 5.74) is 8.49. The van der Waals surface area contributed by atoms with Gasteiger partial charge in [0.15, 0.2) is 0 Å². The molecule has 0 amide bonds. The monoisotopic (exact) mass is 211 g/mol. The molecule has 3 aromatic rings. The first-order chi connectivity index (χ1) is 7.83. The standard InChI is InChI=1S/C11H9N5/c12-11-13-4-8-3-7(1-2-10(8)16-11)9-5-14-15-6-9/h1-6H,(H,14,15)(H2,12,13,16). The number of aromatic nitrogens is 4. The van der Waals surface area contributed by atoms with Gasteiger partial charge in [-0.15, -0.1) is 0 Å². The van der Waals surface area contributed by atoms with Crippen LogP contribution in [0, 0.1) is 0 Å². The molecule has 2 aromatic heterocycles. The number of anilines is 1. The van der Waals surface area contributed by atoms with Crippen LogP contribution in [-0.2, 0) is 0 Å². The first-order valence-corrected chi connectivity index (χ1v) is 4.84. The van der Waals surface area contributed by atoms with Crippen LogP contribution in [0.15, 0.2) is 36.8 Å². The average Bonchev–Trinajstić information content (AvgIpc) is 2.82. The summed E-state index contributed by atoms with van der Waals surface area (Å²) in [6, 6.07) is 5.93. The summed E-state index contributed by atoms with van der Waals surface area (Å²) in [6.07, 6.45) is 5.35. The third-order valence-corrected chi connectivity index (χ3v) is 2.43. The summed E-state index contributed by atoms with van der Waals surface area (Å²) in [4.78, 5) is 8.11. The highest BCUT2D eigenvalue weighted by Gasteiger charge is 2.02. The molecule has 1 aromatic carbocycles. The zero-order valence-corrected chi connectivity index (χ0v) is 8.38. The molecule has 0 radical (unpaired) electrons. The average molecular weight is 211 g/mol. The topological polar surface area (TPSA) is 80.5 Å². The lowest BCUT2D eigenvalue weighted by Gasteiger charge is -2.01. The van der Waals surface area contributed by atoms with Crippen molar-refractivity contribution in [3.8, 4) is 11.1 Å². The first kappa shape index (κ1) is 8.84. The number of nitrogens with one attached hydrogen (secondary N) is 1. The summed E-state index contributed by atoms with van der Waals surface area (Å²) in [5.74, 6) is 0.295. The maximum Gasteiger partial charge on any atom is 0.220 e. The third kappa shape index (κ3) is 1.38. The minimum absolute atomic E-state index is 0.295. The van der Waals surface area contributed by atoms with Crippen molar-refractivity contribution in [2.24, 2.45) is 0 Å². The van der Waals surface area contributed by atoms with Crippen LogP contribution in [-0.4, -0.2) is 20.2 Å². The number of hydrogen-bond donors (Lipinski definition) is 2. The predicted molar refractivity (Wildman–Crippen MR) is 61.5 cm³/mol. The maximum absolute atomic E-state index is 5.52. The van der Waals surface area contributed by atoms with E-state index in [-0.39, 0.29) is 0 Å². The fraction of sp³-hybridized carbons (Fsp3) is 0. The number of fused-ring (bicyclic) bond motifs is 1. The van der Waals surface area contributed by atoms with Crippen molar-refractivity contribution in [3.63, 3.8) is 0 Å². The Balaban J connectivity index is 2.20. The molecule has 78 valence electrons. The number of H-pyrrole nitrogens is 1. The quantitative estimate of drug-likeness (QED) is 0.640. The maximum atomic E-state index is 5.52. The van der Waals surface area contributed by atoms with E-state index in [0.29, 0.717) is 5.95 Å². The molecule has 0 unspecified atom stereocenters. The van der Waals surface area contributed by atoms with Crippen LogP contribution in [0.25, 0.3) is 22.0 Å². The molecule has 0 saturated carbocycles. The molecule has 0 saturated heterocycles. The van der Waals surface area contributed by atoms with Gasteiger partial charge in [0, 0.05) is 23.3 Å². The Morgan fingerprint density at radius 2 is 2.06 bits per heavy atom. The number of nitrogens with zero attached hydrogens (tertiary/aromatic N) is 3. The molecule has 5 nitrogen and oxygen atoms in total. The fourth-order valence-corrected chi connectivity index (χ4v) is 1.64. The molecule has 0 bridgehead atoms. The van der Waals surface area contributed by atoms with Crippen molar-refractivity contribution in [2.75, 3.05) is 5.73 Å². The number of rotatable bonds is 1. The van der Waals surface area contributed by atoms with Crippen molar-refractivity contribution in [1.82, 2.24) is 20.2 Å². The second-order valence-corrected chi connectivity index (χ2v) is 3.49. The largest absolute Gasteiger partial charge is 0.368 e. The summed E-state index contributed by atoms with van der Waals surface area (Å²) >= 11 is 0. The third-order valence-electron chi connectivity index (χ3n) is 2.43. The van der Waals surface area contributed by atoms with Gasteiger partial charge in [-0.3, -0.25) is 5.10 Å². The number of hydrogen-bond acceptors (Lipinski definition) is 4. The first-order valence-electron chi connectivity index (χ1n) is 4.84. The molecule has 0 atom stereocenters. The number of aromatic amines is 1. The fourth-order valence-electron chi connectivity index (χ4n) is 1.64. The van der Waals surface area contributed by atoms with Crippen LogP contribution in [0.2, 0.25) is 0 Å². The van der Waals surface area contributed by atoms with Crippen molar-refractivity contribution in [2.45, 2.75) is 0 Å². The van der Waals surface area contributed by atoms with E-state index in [1.165, 1.54) is 0 Å². The molecule has 16 heavy (non-hydrogen) atoms. The Bertz CT molecular complexity index is 630. The van der Waals surface area contributed by atoms with E-state index in [1.54, 1.807) is 12.4 Å². The van der Waals surface area contributed by atoms with Crippen LogP contribution in [0.1, 0.15) is 0 Å². The zero-order valence-electron chi connectivity index (χ0n) is 8.38. The van der Waals surface area contributed by atoms with Gasteiger partial charge in [0.2, 0.25) is 5.95 Å². The molecule has 0 spiro atoms. The molecule has 0 fully saturated rings. The molecule has 0 aliphatic heterocycles. The lowest BCUT2D eigenvalue weighted by molar-refractivity contribution is 1.09. The van der Waals surface area contributed by atoms with Crippen LogP contribution in [0.4, 0.5) is 5.95 Å². The molecule has 3 N–H and O–H groups in total. The van der Waals surface area contributed by atoms with Gasteiger partial charge in [0.05, 0.1) is 11.7 Å². The number of benzene rings is 1. The van der Waals surface area contributed by atoms with Gasteiger partial charge in [-0.25, -0.2) is 9.97 Å². The van der Waals surface area contributed by atoms with Crippen LogP contribution >= 0.6 is 0 Å². The van der Waals surface area contributed by atoms with Crippen molar-refractivity contribution < 1.29 is 0 Å². The van der Waals surface area contributed by atoms with Crippen LogP contribution in [0.3, 0.4) is 0 Å². The van der Waals surface area contributed by atoms with Crippen LogP contribution in [0.5, 0.6) is 0 Å². The van der Waals surface area contributed by atoms with Crippen molar-refractivity contribution in [3.05, 3.63) is 36.8 Å². The van der Waals surface area contributed by atoms with E-state index < -0.39 is 0 Å². The summed E-state index contributed by atoms with van der Waals surface area (Å²) in [6.45, 7) is 0. The van der Waals surface area contributed by atoms with E-state index in [9.17, 15) is 0 Å². The second kappa shape index (κ2) is 3.30. The highest BCUT2D eigenvalue weighted by atomic mass is 15.1. The van der Waals surface area contributed by atoms with E-state index in [4.69, 9.17) is 5.73 Å². The minimum atomic E-state index is 0.295. The highest BCUT2D eigenvalue weighted by molar-refractivity contribution is 5.84. The molecule has 0 aliphatic rings. The molecule has 0 aliphatic carbocycles. The van der Waals surface area contributed by atoms with Gasteiger partial charge in [0.1, 0.15) is 0 Å². The SMILES string of the molecule is Nc1ncc2cc(-c3cn[nH]c3)ccc2n1. The summed E-state index contributed by atoms with van der Waals surface area (Å²) in [7, 11) is 0. The molecule has 3 rings (SSSR count). The lowest BCUT2D eigenvalue weighted by atomic mass is 10.1. The molecular formula is C11H9N5. The highest BCUT2D eigenvalue weighted by Crippen LogP contribution is 2.22. The Morgan fingerprint density at radius 1 is 1.12 bits per heavy atom. The summed E-state index contributed by atoms with van der Waals surface area (Å²) in [5, 5.41) is 7.67. The van der Waals surface area contributed by atoms with E-state index in [0.717, 1.165) is 22.0 Å². The smallest absolute Gasteiger partial charge is 0.220 e. The van der Waals surface area contributed by atoms with Gasteiger partial charge in [-0.2, -0.15) is 5.10 Å². The van der Waals surface area contributed by atoms with Crippen molar-refractivity contribution in [1.29, 1.82) is 0 Å². The Labute approximate surface area is 91.3 Å². The van der Waals surface area contributed by atoms with Gasteiger partial charge >= 0.3 is 0 Å². The Kier molecular flexibility index (Phi) is 1.83. The zero-order chi connectivity index (χ0) is 11.0. The number of nitrogens with two attached hydrogens (primary N) is 1. The molecular weight excluding hydrogens is 202 g/mol. The van der Waals surface area contributed by atoms with Gasteiger partial charge in [-0.05, 0) is 17.7 Å². The van der Waals surface area contributed by atoms with Gasteiger partial charge < -0.3 is 5.73 Å². The lowest BCUT2D eigenvalue weighted by Crippen LogP contribution is -1.93. The van der Waals surface area contributed by atoms with Crippen molar-refractivity contribution >= 4 is 16.9 Å². The molecule has 5 heteroatoms. The van der Waals surface area contributed by atoms with E-state index in [1.807, 2.05) is 24.4 Å². The Hall–Kier alpha value is -2.43. The molecule has 2 heterocycles.